The van der Waals surface area contributed by atoms with E-state index in [1.54, 1.807) is 12.4 Å². The van der Waals surface area contributed by atoms with Gasteiger partial charge in [0.05, 0.1) is 17.9 Å². The lowest BCUT2D eigenvalue weighted by Crippen LogP contribution is -2.05. The zero-order valence-corrected chi connectivity index (χ0v) is 18.7. The molecule has 166 valence electrons. The van der Waals surface area contributed by atoms with Crippen LogP contribution in [0.2, 0.25) is 0 Å². The Kier molecular flexibility index (Phi) is 6.95. The van der Waals surface area contributed by atoms with Crippen LogP contribution in [0.4, 0.5) is 17.2 Å². The molecule has 6 heteroatoms. The summed E-state index contributed by atoms with van der Waals surface area (Å²) >= 11 is 0. The van der Waals surface area contributed by atoms with Crippen LogP contribution in [0.1, 0.15) is 16.8 Å². The highest BCUT2D eigenvalue weighted by Gasteiger charge is 2.09. The lowest BCUT2D eigenvalue weighted by atomic mass is 10.1. The molecule has 0 saturated heterocycles. The van der Waals surface area contributed by atoms with Gasteiger partial charge in [-0.2, -0.15) is 0 Å². The quantitative estimate of drug-likeness (QED) is 0.327. The molecule has 0 fully saturated rings. The fourth-order valence-corrected chi connectivity index (χ4v) is 3.66. The minimum Gasteiger partial charge on any atom is -0.484 e. The monoisotopic (exact) mass is 438 g/mol. The summed E-state index contributed by atoms with van der Waals surface area (Å²) in [5.41, 5.74) is 7.12. The highest BCUT2D eigenvalue weighted by molar-refractivity contribution is 5.74. The minimum absolute atomic E-state index is 0.00313. The van der Waals surface area contributed by atoms with Gasteiger partial charge in [-0.25, -0.2) is 4.98 Å². The lowest BCUT2D eigenvalue weighted by molar-refractivity contribution is -0.109. The van der Waals surface area contributed by atoms with Gasteiger partial charge in [0.15, 0.2) is 6.29 Å². The number of nitrogens with zero attached hydrogens (tertiary/aromatic N) is 2. The van der Waals surface area contributed by atoms with Gasteiger partial charge >= 0.3 is 0 Å². The third-order valence-corrected chi connectivity index (χ3v) is 5.06. The number of carbonyl (C=O) groups is 1. The molecule has 4 rings (SSSR count). The topological polar surface area (TPSA) is 76.1 Å². The van der Waals surface area contributed by atoms with Gasteiger partial charge in [0.1, 0.15) is 18.2 Å². The van der Waals surface area contributed by atoms with E-state index in [0.717, 1.165) is 40.3 Å². The summed E-state index contributed by atoms with van der Waals surface area (Å²) < 4.78 is 5.62. The molecule has 0 bridgehead atoms. The zero-order valence-electron chi connectivity index (χ0n) is 18.7. The van der Waals surface area contributed by atoms with Gasteiger partial charge in [-0.1, -0.05) is 18.2 Å². The number of carbonyl (C=O) groups excluding carboxylic acids is 1. The molecule has 0 unspecified atom stereocenters. The smallest absolute Gasteiger partial charge is 0.157 e. The molecule has 33 heavy (non-hydrogen) atoms. The number of aryl methyl sites for hydroxylation is 2. The van der Waals surface area contributed by atoms with E-state index in [0.29, 0.717) is 12.3 Å². The van der Waals surface area contributed by atoms with Crippen molar-refractivity contribution >= 4 is 23.5 Å². The normalized spacial score (nSPS) is 10.5. The molecule has 0 amide bonds. The van der Waals surface area contributed by atoms with Crippen LogP contribution in [0, 0.1) is 13.8 Å². The van der Waals surface area contributed by atoms with Gasteiger partial charge in [0, 0.05) is 18.1 Å². The first-order chi connectivity index (χ1) is 16.1. The molecule has 2 aromatic carbocycles. The van der Waals surface area contributed by atoms with Crippen molar-refractivity contribution in [3.8, 4) is 16.9 Å². The van der Waals surface area contributed by atoms with E-state index in [-0.39, 0.29) is 6.61 Å². The van der Waals surface area contributed by atoms with Crippen LogP contribution in [0.15, 0.2) is 79.1 Å². The van der Waals surface area contributed by atoms with Gasteiger partial charge in [-0.3, -0.25) is 9.78 Å². The summed E-state index contributed by atoms with van der Waals surface area (Å²) in [5.74, 6) is 1.38. The molecular formula is C27H26N4O2. The van der Waals surface area contributed by atoms with Crippen molar-refractivity contribution in [1.82, 2.24) is 9.97 Å². The van der Waals surface area contributed by atoms with E-state index < -0.39 is 0 Å². The number of aldehydes is 1. The predicted octanol–water partition coefficient (Wildman–Crippen LogP) is 5.69. The fourth-order valence-electron chi connectivity index (χ4n) is 3.66. The molecular weight excluding hydrogens is 412 g/mol. The number of nitrogens with one attached hydrogen (secondary N) is 2. The molecule has 4 aromatic rings. The first-order valence-electron chi connectivity index (χ1n) is 10.8. The average Bonchev–Trinajstić information content (AvgIpc) is 2.82. The molecule has 0 atom stereocenters. The number of anilines is 3. The van der Waals surface area contributed by atoms with Crippen molar-refractivity contribution in [3.63, 3.8) is 0 Å². The van der Waals surface area contributed by atoms with E-state index in [2.05, 4.69) is 52.6 Å². The summed E-state index contributed by atoms with van der Waals surface area (Å²) in [7, 11) is 0. The number of hydrogen-bond donors (Lipinski definition) is 2. The molecule has 0 radical (unpaired) electrons. The van der Waals surface area contributed by atoms with Crippen molar-refractivity contribution in [3.05, 3.63) is 95.9 Å². The van der Waals surface area contributed by atoms with Crippen molar-refractivity contribution in [2.75, 3.05) is 17.2 Å². The standard InChI is InChI=1S/C27H26N4O2/c1-19-13-20(2)15-24(14-19)31-27-17-22(8-10-29-27)21-6-7-26(33-12-11-32)25(16-21)30-18-23-5-3-4-9-28-23/h3-11,13-17,30H,12,18H2,1-2H3,(H,29,31). The van der Waals surface area contributed by atoms with Crippen LogP contribution >= 0.6 is 0 Å². The Balaban J connectivity index is 1.59. The first kappa shape index (κ1) is 22.0. The average molecular weight is 439 g/mol. The third kappa shape index (κ3) is 5.95. The second-order valence-corrected chi connectivity index (χ2v) is 7.79. The molecule has 6 nitrogen and oxygen atoms in total. The second-order valence-electron chi connectivity index (χ2n) is 7.79. The SMILES string of the molecule is Cc1cc(C)cc(Nc2cc(-c3ccc(OCC=O)c(NCc4ccccn4)c3)ccn2)c1. The fraction of sp³-hybridized carbons (Fsp3) is 0.148. The molecule has 2 N–H and O–H groups in total. The van der Waals surface area contributed by atoms with E-state index in [1.165, 1.54) is 11.1 Å². The Morgan fingerprint density at radius 1 is 0.879 bits per heavy atom. The highest BCUT2D eigenvalue weighted by atomic mass is 16.5. The molecule has 0 aliphatic heterocycles. The molecule has 0 aliphatic carbocycles. The largest absolute Gasteiger partial charge is 0.484 e. The van der Waals surface area contributed by atoms with Crippen LogP contribution < -0.4 is 15.4 Å². The van der Waals surface area contributed by atoms with E-state index in [9.17, 15) is 4.79 Å². The Morgan fingerprint density at radius 2 is 1.70 bits per heavy atom. The molecule has 2 aromatic heterocycles. The number of ether oxygens (including phenoxy) is 1. The van der Waals surface area contributed by atoms with Crippen molar-refractivity contribution in [1.29, 1.82) is 0 Å². The Hall–Kier alpha value is -4.19. The maximum absolute atomic E-state index is 10.8. The minimum atomic E-state index is -0.00313. The van der Waals surface area contributed by atoms with Gasteiger partial charge < -0.3 is 15.4 Å². The number of rotatable bonds is 9. The van der Waals surface area contributed by atoms with Gasteiger partial charge in [-0.05, 0) is 84.6 Å². The van der Waals surface area contributed by atoms with Crippen LogP contribution in [0.25, 0.3) is 11.1 Å². The summed E-state index contributed by atoms with van der Waals surface area (Å²) in [4.78, 5) is 19.6. The zero-order chi connectivity index (χ0) is 23.0. The number of hydrogen-bond acceptors (Lipinski definition) is 6. The molecule has 0 aliphatic rings. The van der Waals surface area contributed by atoms with Crippen molar-refractivity contribution in [2.45, 2.75) is 20.4 Å². The van der Waals surface area contributed by atoms with Crippen molar-refractivity contribution < 1.29 is 9.53 Å². The summed E-state index contributed by atoms with van der Waals surface area (Å²) in [6, 6.07) is 22.0. The van der Waals surface area contributed by atoms with E-state index in [1.807, 2.05) is 48.5 Å². The number of benzene rings is 2. The van der Waals surface area contributed by atoms with E-state index >= 15 is 0 Å². The maximum Gasteiger partial charge on any atom is 0.157 e. The predicted molar refractivity (Wildman–Crippen MR) is 132 cm³/mol. The maximum atomic E-state index is 10.8. The molecule has 2 heterocycles. The first-order valence-corrected chi connectivity index (χ1v) is 10.8. The van der Waals surface area contributed by atoms with Crippen molar-refractivity contribution in [2.24, 2.45) is 0 Å². The Labute approximate surface area is 193 Å². The Bertz CT molecular complexity index is 1220. The number of pyridine rings is 2. The van der Waals surface area contributed by atoms with Crippen LogP contribution in [0.3, 0.4) is 0 Å². The van der Waals surface area contributed by atoms with Crippen LogP contribution in [-0.2, 0) is 11.3 Å². The van der Waals surface area contributed by atoms with Gasteiger partial charge in [0.2, 0.25) is 0 Å². The highest BCUT2D eigenvalue weighted by Crippen LogP contribution is 2.32. The molecule has 0 spiro atoms. The van der Waals surface area contributed by atoms with Gasteiger partial charge in [0.25, 0.3) is 0 Å². The van der Waals surface area contributed by atoms with Crippen LogP contribution in [0.5, 0.6) is 5.75 Å². The summed E-state index contributed by atoms with van der Waals surface area (Å²) in [6.45, 7) is 4.69. The summed E-state index contributed by atoms with van der Waals surface area (Å²) in [6.07, 6.45) is 4.29. The molecule has 0 saturated carbocycles. The lowest BCUT2D eigenvalue weighted by Gasteiger charge is -2.14. The van der Waals surface area contributed by atoms with Crippen LogP contribution in [-0.4, -0.2) is 22.9 Å². The second kappa shape index (κ2) is 10.4. The summed E-state index contributed by atoms with van der Waals surface area (Å²) in [5, 5.41) is 6.78. The van der Waals surface area contributed by atoms with Gasteiger partial charge in [-0.15, -0.1) is 0 Å². The number of aromatic nitrogens is 2. The Morgan fingerprint density at radius 3 is 2.45 bits per heavy atom. The van der Waals surface area contributed by atoms with E-state index in [4.69, 9.17) is 4.74 Å². The third-order valence-electron chi connectivity index (χ3n) is 5.06.